The normalized spacial score (nSPS) is 20.4. The molecule has 2 unspecified atom stereocenters. The Bertz CT molecular complexity index is 2670. The van der Waals surface area contributed by atoms with Gasteiger partial charge in [0.1, 0.15) is 6.73 Å². The minimum Gasteiger partial charge on any atom is -0.476 e. The van der Waals surface area contributed by atoms with Gasteiger partial charge in [-0.2, -0.15) is 20.4 Å². The highest BCUT2D eigenvalue weighted by atomic mass is 28.3. The van der Waals surface area contributed by atoms with Gasteiger partial charge in [-0.25, -0.2) is 9.48 Å². The number of fused-ring (bicyclic) bond motifs is 2. The van der Waals surface area contributed by atoms with E-state index < -0.39 is 14.0 Å². The van der Waals surface area contributed by atoms with Crippen molar-refractivity contribution in [2.24, 2.45) is 0 Å². The van der Waals surface area contributed by atoms with Crippen molar-refractivity contribution in [3.63, 3.8) is 0 Å². The number of nitrogens with one attached hydrogen (secondary N) is 2. The van der Waals surface area contributed by atoms with Gasteiger partial charge in [-0.05, 0) is 56.7 Å². The predicted octanol–water partition coefficient (Wildman–Crippen LogP) is 6.47. The number of H-pyrrole nitrogens is 1. The molecule has 2 aromatic carbocycles. The first kappa shape index (κ1) is 51.4. The standard InChI is InChI=1S/C23H28N6O2.C19H33N3O4Si.C10H11N3/c1-23(28-9-11-31-12-10-28)8-7-19-20(13-23)26-27-21(19)22(30)25-18-14-24-29(16-18)15-17-5-3-2-4-6-17;1-19(21-7-9-25-10-8-21)6-5-15-16(13-19)22(20-17(15)18(23)24)14-26-11-12-27(2,3)4;11-10-6-12-13(8-10)7-9-4-2-1-3-5-9/h2-6,14,16H,7-13,15H2,1H3,(H,25,30)(H,26,27);5-14H2,1-4H3,(H,23,24);1-6,8H,7,11H2. The number of carbonyl (C=O) groups is 2. The van der Waals surface area contributed by atoms with E-state index in [1.54, 1.807) is 17.1 Å². The molecule has 2 atom stereocenters. The number of carbonyl (C=O) groups excluding carboxylic acids is 1. The van der Waals surface area contributed by atoms with Crippen molar-refractivity contribution in [2.75, 3.05) is 70.3 Å². The molecule has 0 saturated carbocycles. The first-order valence-corrected chi connectivity index (χ1v) is 28.7. The van der Waals surface area contributed by atoms with Gasteiger partial charge in [0.25, 0.3) is 5.91 Å². The highest BCUT2D eigenvalue weighted by molar-refractivity contribution is 6.76. The van der Waals surface area contributed by atoms with Crippen LogP contribution in [-0.2, 0) is 59.7 Å². The molecule has 5 N–H and O–H groups in total. The van der Waals surface area contributed by atoms with Gasteiger partial charge in [0, 0.05) is 99.7 Å². The van der Waals surface area contributed by atoms with E-state index in [0.717, 1.165) is 132 Å². The van der Waals surface area contributed by atoms with Gasteiger partial charge in [-0.1, -0.05) is 80.3 Å². The Balaban J connectivity index is 0.000000154. The second-order valence-corrected chi connectivity index (χ2v) is 26.4. The summed E-state index contributed by atoms with van der Waals surface area (Å²) in [5.74, 6) is -1.13. The van der Waals surface area contributed by atoms with Crippen LogP contribution in [0.5, 0.6) is 0 Å². The van der Waals surface area contributed by atoms with Gasteiger partial charge in [0.2, 0.25) is 0 Å². The number of carboxylic acids is 1. The van der Waals surface area contributed by atoms with Gasteiger partial charge in [0.15, 0.2) is 11.4 Å². The molecular weight excluding hydrogens is 917 g/mol. The van der Waals surface area contributed by atoms with Gasteiger partial charge in [0.05, 0.1) is 63.3 Å². The summed E-state index contributed by atoms with van der Waals surface area (Å²) < 4.78 is 22.3. The largest absolute Gasteiger partial charge is 0.476 e. The van der Waals surface area contributed by atoms with Crippen molar-refractivity contribution >= 4 is 31.3 Å². The van der Waals surface area contributed by atoms with Crippen LogP contribution in [0.1, 0.15) is 81.3 Å². The molecule has 0 spiro atoms. The minimum absolute atomic E-state index is 0.0165. The van der Waals surface area contributed by atoms with Crippen LogP contribution in [0.4, 0.5) is 11.4 Å². The van der Waals surface area contributed by atoms with E-state index in [9.17, 15) is 14.7 Å². The maximum absolute atomic E-state index is 12.9. The average Bonchev–Trinajstić information content (AvgIpc) is 4.18. The molecular formula is C52H72N12O6Si. The molecule has 2 aliphatic heterocycles. The number of ether oxygens (including phenoxy) is 3. The summed E-state index contributed by atoms with van der Waals surface area (Å²) >= 11 is 0. The molecule has 380 valence electrons. The molecule has 71 heavy (non-hydrogen) atoms. The van der Waals surface area contributed by atoms with Crippen molar-refractivity contribution < 1.29 is 28.9 Å². The Hall–Kier alpha value is -5.96. The van der Waals surface area contributed by atoms with E-state index in [0.29, 0.717) is 37.0 Å². The van der Waals surface area contributed by atoms with E-state index >= 15 is 0 Å². The van der Waals surface area contributed by atoms with Gasteiger partial charge < -0.3 is 30.4 Å². The number of morpholine rings is 2. The van der Waals surface area contributed by atoms with Gasteiger partial charge in [-0.3, -0.25) is 29.1 Å². The molecule has 2 aliphatic carbocycles. The Kier molecular flexibility index (Phi) is 16.7. The van der Waals surface area contributed by atoms with E-state index in [1.165, 1.54) is 5.56 Å². The van der Waals surface area contributed by atoms with Crippen LogP contribution in [0.3, 0.4) is 0 Å². The molecule has 4 aliphatic rings. The average molecular weight is 989 g/mol. The summed E-state index contributed by atoms with van der Waals surface area (Å²) in [5, 5.41) is 32.9. The highest BCUT2D eigenvalue weighted by Gasteiger charge is 2.41. The number of aromatic nitrogens is 8. The molecule has 2 saturated heterocycles. The second-order valence-electron chi connectivity index (χ2n) is 20.8. The van der Waals surface area contributed by atoms with Crippen molar-refractivity contribution in [2.45, 2.75) is 109 Å². The SMILES string of the molecule is CC1(N2CCOCC2)CCc2c(C(=O)Nc3cnn(Cc4ccccc4)c3)n[nH]c2C1.CC1(N2CCOCC2)CCc2c(C(=O)O)nn(COCC[Si](C)(C)C)c2C1.Nc1cnn(Cc2ccccc2)c1. The van der Waals surface area contributed by atoms with E-state index in [2.05, 4.69) is 98.4 Å². The monoisotopic (exact) mass is 989 g/mol. The number of amides is 1. The summed E-state index contributed by atoms with van der Waals surface area (Å²) in [7, 11) is -1.15. The van der Waals surface area contributed by atoms with E-state index in [-0.39, 0.29) is 22.7 Å². The first-order valence-electron chi connectivity index (χ1n) is 25.0. The van der Waals surface area contributed by atoms with Crippen molar-refractivity contribution in [3.05, 3.63) is 130 Å². The van der Waals surface area contributed by atoms with Crippen LogP contribution in [0.2, 0.25) is 25.7 Å². The summed E-state index contributed by atoms with van der Waals surface area (Å²) in [6.45, 7) is 20.9. The number of nitrogens with zero attached hydrogens (tertiary/aromatic N) is 9. The number of carboxylic acid groups (broad SMARTS) is 1. The fraction of sp³-hybridized carbons (Fsp3) is 0.500. The zero-order valence-electron chi connectivity index (χ0n) is 42.1. The Morgan fingerprint density at radius 1 is 0.789 bits per heavy atom. The number of nitrogens with two attached hydrogens (primary N) is 1. The summed E-state index contributed by atoms with van der Waals surface area (Å²) in [4.78, 5) is 29.6. The lowest BCUT2D eigenvalue weighted by atomic mass is 9.80. The molecule has 4 aromatic heterocycles. The van der Waals surface area contributed by atoms with Crippen molar-refractivity contribution in [1.29, 1.82) is 0 Å². The third kappa shape index (κ3) is 13.5. The van der Waals surface area contributed by atoms with E-state index in [4.69, 9.17) is 19.9 Å². The molecule has 10 rings (SSSR count). The van der Waals surface area contributed by atoms with Crippen LogP contribution < -0.4 is 11.1 Å². The fourth-order valence-corrected chi connectivity index (χ4v) is 10.7. The summed E-state index contributed by atoms with van der Waals surface area (Å²) in [5.41, 5.74) is 14.1. The maximum atomic E-state index is 12.9. The topological polar surface area (TPSA) is 209 Å². The fourth-order valence-electron chi connectivity index (χ4n) is 9.97. The lowest BCUT2D eigenvalue weighted by Crippen LogP contribution is -2.54. The second kappa shape index (κ2) is 23.1. The summed E-state index contributed by atoms with van der Waals surface area (Å²) in [6, 6.07) is 21.4. The Labute approximate surface area is 417 Å². The number of nitrogen functional groups attached to an aromatic ring is 1. The lowest BCUT2D eigenvalue weighted by molar-refractivity contribution is -0.0228. The number of rotatable bonds is 14. The van der Waals surface area contributed by atoms with Crippen molar-refractivity contribution in [1.82, 2.24) is 49.3 Å². The van der Waals surface area contributed by atoms with Gasteiger partial charge in [-0.15, -0.1) is 0 Å². The molecule has 1 amide bonds. The van der Waals surface area contributed by atoms with E-state index in [1.807, 2.05) is 58.2 Å². The van der Waals surface area contributed by atoms with Crippen molar-refractivity contribution in [3.8, 4) is 0 Å². The number of benzene rings is 2. The molecule has 0 radical (unpaired) electrons. The third-order valence-corrected chi connectivity index (χ3v) is 15.9. The van der Waals surface area contributed by atoms with Crippen LogP contribution >= 0.6 is 0 Å². The zero-order chi connectivity index (χ0) is 50.0. The zero-order valence-corrected chi connectivity index (χ0v) is 43.1. The number of hydrogen-bond donors (Lipinski definition) is 4. The van der Waals surface area contributed by atoms with Crippen LogP contribution in [0.15, 0.2) is 85.5 Å². The Morgan fingerprint density at radius 3 is 1.92 bits per heavy atom. The molecule has 6 aromatic rings. The third-order valence-electron chi connectivity index (χ3n) is 14.1. The number of anilines is 2. The predicted molar refractivity (Wildman–Crippen MR) is 275 cm³/mol. The number of aromatic amines is 1. The Morgan fingerprint density at radius 2 is 1.35 bits per heavy atom. The molecule has 19 heteroatoms. The van der Waals surface area contributed by atoms with Gasteiger partial charge >= 0.3 is 5.97 Å². The molecule has 0 bridgehead atoms. The van der Waals surface area contributed by atoms with Crippen LogP contribution in [0.25, 0.3) is 0 Å². The first-order chi connectivity index (χ1) is 34.1. The number of hydrogen-bond acceptors (Lipinski definition) is 12. The highest BCUT2D eigenvalue weighted by Crippen LogP contribution is 2.36. The number of aromatic carboxylic acids is 1. The van der Waals surface area contributed by atoms with Crippen LogP contribution in [-0.4, -0.2) is 145 Å². The smallest absolute Gasteiger partial charge is 0.356 e. The quantitative estimate of drug-likeness (QED) is 0.0682. The molecule has 18 nitrogen and oxygen atoms in total. The molecule has 2 fully saturated rings. The lowest BCUT2D eigenvalue weighted by Gasteiger charge is -2.45. The summed E-state index contributed by atoms with van der Waals surface area (Å²) in [6.07, 6.45) is 12.2. The molecule has 6 heterocycles. The van der Waals surface area contributed by atoms with Crippen LogP contribution in [0, 0.1) is 0 Å². The minimum atomic E-state index is -1.15. The maximum Gasteiger partial charge on any atom is 0.356 e.